The SMILES string of the molecule is CCC1CCN(C(=O)c2cncc(Br)c2)C1. The van der Waals surface area contributed by atoms with Gasteiger partial charge in [0.15, 0.2) is 0 Å². The highest BCUT2D eigenvalue weighted by Gasteiger charge is 2.25. The van der Waals surface area contributed by atoms with E-state index in [2.05, 4.69) is 27.8 Å². The van der Waals surface area contributed by atoms with Gasteiger partial charge in [-0.3, -0.25) is 9.78 Å². The van der Waals surface area contributed by atoms with Gasteiger partial charge < -0.3 is 4.90 Å². The number of nitrogens with zero attached hydrogens (tertiary/aromatic N) is 2. The molecule has 3 nitrogen and oxygen atoms in total. The summed E-state index contributed by atoms with van der Waals surface area (Å²) in [6.45, 7) is 3.95. The zero-order chi connectivity index (χ0) is 11.5. The summed E-state index contributed by atoms with van der Waals surface area (Å²) in [6, 6.07) is 1.83. The summed E-state index contributed by atoms with van der Waals surface area (Å²) in [5.41, 5.74) is 0.672. The van der Waals surface area contributed by atoms with E-state index < -0.39 is 0 Å². The largest absolute Gasteiger partial charge is 0.338 e. The Morgan fingerprint density at radius 1 is 1.62 bits per heavy atom. The van der Waals surface area contributed by atoms with Crippen LogP contribution in [-0.4, -0.2) is 28.9 Å². The molecular formula is C12H15BrN2O. The number of likely N-dealkylation sites (tertiary alicyclic amines) is 1. The predicted molar refractivity (Wildman–Crippen MR) is 66.2 cm³/mol. The summed E-state index contributed by atoms with van der Waals surface area (Å²) in [5, 5.41) is 0. The molecule has 1 fully saturated rings. The quantitative estimate of drug-likeness (QED) is 0.836. The van der Waals surface area contributed by atoms with Crippen molar-refractivity contribution in [2.24, 2.45) is 5.92 Å². The molecule has 86 valence electrons. The van der Waals surface area contributed by atoms with Crippen LogP contribution >= 0.6 is 15.9 Å². The molecule has 1 aliphatic rings. The van der Waals surface area contributed by atoms with E-state index in [9.17, 15) is 4.79 Å². The average molecular weight is 283 g/mol. The average Bonchev–Trinajstić information content (AvgIpc) is 2.76. The Morgan fingerprint density at radius 3 is 3.06 bits per heavy atom. The van der Waals surface area contributed by atoms with Crippen LogP contribution in [0.15, 0.2) is 22.9 Å². The van der Waals surface area contributed by atoms with E-state index in [1.165, 1.54) is 0 Å². The molecule has 1 aromatic heterocycles. The van der Waals surface area contributed by atoms with Crippen LogP contribution in [0.25, 0.3) is 0 Å². The zero-order valence-electron chi connectivity index (χ0n) is 9.32. The summed E-state index contributed by atoms with van der Waals surface area (Å²) < 4.78 is 0.851. The van der Waals surface area contributed by atoms with Crippen molar-refractivity contribution in [3.63, 3.8) is 0 Å². The second kappa shape index (κ2) is 4.95. The Balaban J connectivity index is 2.08. The first-order valence-corrected chi connectivity index (χ1v) is 6.40. The van der Waals surface area contributed by atoms with Crippen LogP contribution in [0.2, 0.25) is 0 Å². The molecule has 1 aromatic rings. The molecule has 1 saturated heterocycles. The number of halogens is 1. The third kappa shape index (κ3) is 2.43. The number of amides is 1. The van der Waals surface area contributed by atoms with Crippen LogP contribution < -0.4 is 0 Å². The fraction of sp³-hybridized carbons (Fsp3) is 0.500. The third-order valence-corrected chi connectivity index (χ3v) is 3.54. The van der Waals surface area contributed by atoms with Crippen molar-refractivity contribution >= 4 is 21.8 Å². The van der Waals surface area contributed by atoms with Crippen molar-refractivity contribution in [1.82, 2.24) is 9.88 Å². The van der Waals surface area contributed by atoms with Gasteiger partial charge in [0.1, 0.15) is 0 Å². The first-order valence-electron chi connectivity index (χ1n) is 5.60. The fourth-order valence-corrected chi connectivity index (χ4v) is 2.43. The van der Waals surface area contributed by atoms with Gasteiger partial charge in [-0.25, -0.2) is 0 Å². The number of aromatic nitrogens is 1. The smallest absolute Gasteiger partial charge is 0.255 e. The molecule has 0 N–H and O–H groups in total. The van der Waals surface area contributed by atoms with Gasteiger partial charge in [0.25, 0.3) is 5.91 Å². The topological polar surface area (TPSA) is 33.2 Å². The summed E-state index contributed by atoms with van der Waals surface area (Å²) in [5.74, 6) is 0.772. The van der Waals surface area contributed by atoms with Crippen LogP contribution in [-0.2, 0) is 0 Å². The summed E-state index contributed by atoms with van der Waals surface area (Å²) >= 11 is 3.33. The van der Waals surface area contributed by atoms with Crippen LogP contribution in [0, 0.1) is 5.92 Å². The van der Waals surface area contributed by atoms with Crippen LogP contribution in [0.4, 0.5) is 0 Å². The molecule has 1 atom stereocenters. The summed E-state index contributed by atoms with van der Waals surface area (Å²) in [4.78, 5) is 18.1. The van der Waals surface area contributed by atoms with Gasteiger partial charge in [-0.2, -0.15) is 0 Å². The van der Waals surface area contributed by atoms with Crippen molar-refractivity contribution < 1.29 is 4.79 Å². The van der Waals surface area contributed by atoms with Crippen LogP contribution in [0.5, 0.6) is 0 Å². The van der Waals surface area contributed by atoms with Crippen molar-refractivity contribution in [2.75, 3.05) is 13.1 Å². The van der Waals surface area contributed by atoms with Crippen molar-refractivity contribution in [2.45, 2.75) is 19.8 Å². The van der Waals surface area contributed by atoms with Gasteiger partial charge in [0, 0.05) is 30.0 Å². The van der Waals surface area contributed by atoms with Gasteiger partial charge >= 0.3 is 0 Å². The monoisotopic (exact) mass is 282 g/mol. The maximum Gasteiger partial charge on any atom is 0.255 e. The Hall–Kier alpha value is -0.900. The maximum atomic E-state index is 12.1. The van der Waals surface area contributed by atoms with E-state index >= 15 is 0 Å². The van der Waals surface area contributed by atoms with Crippen molar-refractivity contribution in [3.05, 3.63) is 28.5 Å². The van der Waals surface area contributed by atoms with E-state index in [-0.39, 0.29) is 5.91 Å². The normalized spacial score (nSPS) is 20.1. The zero-order valence-corrected chi connectivity index (χ0v) is 10.9. The lowest BCUT2D eigenvalue weighted by molar-refractivity contribution is 0.0786. The van der Waals surface area contributed by atoms with Gasteiger partial charge in [-0.15, -0.1) is 0 Å². The lowest BCUT2D eigenvalue weighted by Crippen LogP contribution is -2.28. The Labute approximate surface area is 104 Å². The highest BCUT2D eigenvalue weighted by Crippen LogP contribution is 2.21. The molecule has 2 heterocycles. The molecule has 0 saturated carbocycles. The number of rotatable bonds is 2. The number of hydrogen-bond acceptors (Lipinski definition) is 2. The standard InChI is InChI=1S/C12H15BrN2O/c1-2-9-3-4-15(8-9)12(16)10-5-11(13)7-14-6-10/h5-7,9H,2-4,8H2,1H3. The van der Waals surface area contributed by atoms with E-state index in [4.69, 9.17) is 0 Å². The summed E-state index contributed by atoms with van der Waals surface area (Å²) in [7, 11) is 0. The highest BCUT2D eigenvalue weighted by molar-refractivity contribution is 9.10. The molecule has 1 aliphatic heterocycles. The minimum absolute atomic E-state index is 0.102. The molecule has 0 bridgehead atoms. The van der Waals surface area contributed by atoms with Crippen molar-refractivity contribution in [3.8, 4) is 0 Å². The Kier molecular flexibility index (Phi) is 3.59. The predicted octanol–water partition coefficient (Wildman–Crippen LogP) is 2.72. The highest BCUT2D eigenvalue weighted by atomic mass is 79.9. The molecule has 0 radical (unpaired) electrons. The fourth-order valence-electron chi connectivity index (χ4n) is 2.06. The van der Waals surface area contributed by atoms with Gasteiger partial charge in [-0.05, 0) is 34.3 Å². The number of carbonyl (C=O) groups is 1. The van der Waals surface area contributed by atoms with E-state index in [0.29, 0.717) is 11.5 Å². The van der Waals surface area contributed by atoms with Crippen LogP contribution in [0.3, 0.4) is 0 Å². The minimum atomic E-state index is 0.102. The number of hydrogen-bond donors (Lipinski definition) is 0. The lowest BCUT2D eigenvalue weighted by Gasteiger charge is -2.16. The molecule has 0 aromatic carbocycles. The summed E-state index contributed by atoms with van der Waals surface area (Å²) in [6.07, 6.45) is 5.60. The second-order valence-electron chi connectivity index (χ2n) is 4.21. The Morgan fingerprint density at radius 2 is 2.44 bits per heavy atom. The first-order chi connectivity index (χ1) is 7.70. The van der Waals surface area contributed by atoms with Crippen molar-refractivity contribution in [1.29, 1.82) is 0 Å². The molecule has 16 heavy (non-hydrogen) atoms. The number of carbonyl (C=O) groups excluding carboxylic acids is 1. The molecule has 4 heteroatoms. The third-order valence-electron chi connectivity index (χ3n) is 3.10. The van der Waals surface area contributed by atoms with Gasteiger partial charge in [-0.1, -0.05) is 13.3 Å². The molecule has 0 spiro atoms. The molecular weight excluding hydrogens is 268 g/mol. The molecule has 1 amide bonds. The van der Waals surface area contributed by atoms with Crippen LogP contribution in [0.1, 0.15) is 30.1 Å². The minimum Gasteiger partial charge on any atom is -0.338 e. The molecule has 1 unspecified atom stereocenters. The maximum absolute atomic E-state index is 12.1. The van der Waals surface area contributed by atoms with E-state index in [1.54, 1.807) is 12.4 Å². The number of pyridine rings is 1. The van der Waals surface area contributed by atoms with E-state index in [1.807, 2.05) is 11.0 Å². The Bertz CT molecular complexity index is 394. The molecule has 2 rings (SSSR count). The van der Waals surface area contributed by atoms with E-state index in [0.717, 1.165) is 30.4 Å². The molecule has 0 aliphatic carbocycles. The van der Waals surface area contributed by atoms with Gasteiger partial charge in [0.2, 0.25) is 0 Å². The second-order valence-corrected chi connectivity index (χ2v) is 5.12. The first kappa shape index (κ1) is 11.6. The van der Waals surface area contributed by atoms with Gasteiger partial charge in [0.05, 0.1) is 5.56 Å². The lowest BCUT2D eigenvalue weighted by atomic mass is 10.1.